The maximum absolute atomic E-state index is 12.4. The highest BCUT2D eigenvalue weighted by Crippen LogP contribution is 2.63. The first kappa shape index (κ1) is 20.8. The molecule has 3 rings (SSSR count). The van der Waals surface area contributed by atoms with E-state index in [1.807, 2.05) is 0 Å². The molecule has 1 saturated heterocycles. The van der Waals surface area contributed by atoms with Crippen molar-refractivity contribution in [2.45, 2.75) is 90.3 Å². The molecule has 0 aromatic heterocycles. The number of hydrogen-bond donors (Lipinski definition) is 3. The fourth-order valence-electron chi connectivity index (χ4n) is 5.73. The van der Waals surface area contributed by atoms with Gasteiger partial charge in [-0.3, -0.25) is 4.79 Å². The van der Waals surface area contributed by atoms with Crippen molar-refractivity contribution in [2.75, 3.05) is 6.61 Å². The Morgan fingerprint density at radius 2 is 2.00 bits per heavy atom. The van der Waals surface area contributed by atoms with Gasteiger partial charge in [-0.05, 0) is 36.3 Å². The van der Waals surface area contributed by atoms with Crippen LogP contribution in [0.15, 0.2) is 11.6 Å². The van der Waals surface area contributed by atoms with E-state index in [4.69, 9.17) is 9.47 Å². The fraction of sp³-hybridized carbons (Fsp3) is 0.857. The van der Waals surface area contributed by atoms with E-state index in [1.165, 1.54) is 0 Å². The molecule has 6 atom stereocenters. The Labute approximate surface area is 161 Å². The molecule has 27 heavy (non-hydrogen) atoms. The van der Waals surface area contributed by atoms with Gasteiger partial charge in [0.2, 0.25) is 0 Å². The van der Waals surface area contributed by atoms with Gasteiger partial charge in [-0.25, -0.2) is 0 Å². The first-order valence-electron chi connectivity index (χ1n) is 10.2. The first-order chi connectivity index (χ1) is 12.6. The predicted octanol–water partition coefficient (Wildman–Crippen LogP) is 2.30. The van der Waals surface area contributed by atoms with Gasteiger partial charge < -0.3 is 24.8 Å². The zero-order valence-electron chi connectivity index (χ0n) is 16.9. The number of aliphatic hydroxyl groups is 3. The molecule has 6 nitrogen and oxygen atoms in total. The van der Waals surface area contributed by atoms with Crippen LogP contribution in [0.4, 0.5) is 0 Å². The summed E-state index contributed by atoms with van der Waals surface area (Å²) in [4.78, 5) is 12.4. The summed E-state index contributed by atoms with van der Waals surface area (Å²) in [6.45, 7) is 8.10. The van der Waals surface area contributed by atoms with Crippen molar-refractivity contribution in [1.82, 2.24) is 0 Å². The van der Waals surface area contributed by atoms with Crippen LogP contribution in [0.5, 0.6) is 0 Å². The maximum atomic E-state index is 12.4. The van der Waals surface area contributed by atoms with Gasteiger partial charge in [0.1, 0.15) is 11.7 Å². The number of rotatable bonds is 5. The molecule has 0 amide bonds. The SMILES string of the molecule is CCCCCC(=O)O[C@@H]1C=C2CO[C@H](O)[C@]2(O)[C@@]2(C)[C@H]1C(C)(C)CC[C@@H]2O. The molecule has 0 aromatic rings. The van der Waals surface area contributed by atoms with Crippen molar-refractivity contribution >= 4 is 5.97 Å². The number of hydrogen-bond acceptors (Lipinski definition) is 6. The molecule has 2 aliphatic carbocycles. The van der Waals surface area contributed by atoms with Crippen LogP contribution in [0.25, 0.3) is 0 Å². The summed E-state index contributed by atoms with van der Waals surface area (Å²) in [5.74, 6) is -0.595. The molecular formula is C21H34O6. The van der Waals surface area contributed by atoms with Crippen molar-refractivity contribution in [3.8, 4) is 0 Å². The monoisotopic (exact) mass is 382 g/mol. The summed E-state index contributed by atoms with van der Waals surface area (Å²) in [6, 6.07) is 0. The molecule has 0 aromatic carbocycles. The lowest BCUT2D eigenvalue weighted by molar-refractivity contribution is -0.272. The molecule has 154 valence electrons. The Morgan fingerprint density at radius 1 is 1.30 bits per heavy atom. The second kappa shape index (κ2) is 7.14. The van der Waals surface area contributed by atoms with Crippen LogP contribution in [0, 0.1) is 16.7 Å². The summed E-state index contributed by atoms with van der Waals surface area (Å²) >= 11 is 0. The first-order valence-corrected chi connectivity index (χ1v) is 10.2. The third-order valence-electron chi connectivity index (χ3n) is 7.25. The number of fused-ring (bicyclic) bond motifs is 3. The highest BCUT2D eigenvalue weighted by molar-refractivity contribution is 5.70. The lowest BCUT2D eigenvalue weighted by atomic mass is 9.45. The molecule has 1 aliphatic heterocycles. The van der Waals surface area contributed by atoms with Crippen LogP contribution in [-0.2, 0) is 14.3 Å². The van der Waals surface area contributed by atoms with Crippen molar-refractivity contribution in [3.05, 3.63) is 11.6 Å². The van der Waals surface area contributed by atoms with Gasteiger partial charge in [-0.1, -0.05) is 40.5 Å². The second-order valence-corrected chi connectivity index (χ2v) is 9.34. The Morgan fingerprint density at radius 3 is 2.67 bits per heavy atom. The molecule has 6 heteroatoms. The van der Waals surface area contributed by atoms with Crippen molar-refractivity contribution in [3.63, 3.8) is 0 Å². The van der Waals surface area contributed by atoms with Crippen LogP contribution in [0.1, 0.15) is 66.2 Å². The zero-order valence-corrected chi connectivity index (χ0v) is 16.9. The van der Waals surface area contributed by atoms with E-state index in [2.05, 4.69) is 20.8 Å². The standard InChI is InChI=1S/C21H34O6/c1-5-6-7-8-16(23)27-14-11-13-12-26-18(24)21(13,25)20(4)15(22)9-10-19(2,3)17(14)20/h11,14-15,17-18,22,24-25H,5-10,12H2,1-4H3/t14-,15+,17-,18+,20-,21+/m1/s1. The number of esters is 1. The molecule has 3 N–H and O–H groups in total. The summed E-state index contributed by atoms with van der Waals surface area (Å²) in [5.41, 5.74) is -2.55. The second-order valence-electron chi connectivity index (χ2n) is 9.34. The molecule has 2 fully saturated rings. The van der Waals surface area contributed by atoms with E-state index in [9.17, 15) is 20.1 Å². The van der Waals surface area contributed by atoms with Gasteiger partial charge >= 0.3 is 5.97 Å². The molecule has 0 bridgehead atoms. The van der Waals surface area contributed by atoms with Crippen LogP contribution in [0.3, 0.4) is 0 Å². The molecule has 0 radical (unpaired) electrons. The van der Waals surface area contributed by atoms with E-state index in [0.717, 1.165) is 25.7 Å². The van der Waals surface area contributed by atoms with E-state index >= 15 is 0 Å². The Kier molecular flexibility index (Phi) is 5.49. The van der Waals surface area contributed by atoms with E-state index < -0.39 is 29.5 Å². The molecule has 0 spiro atoms. The third kappa shape index (κ3) is 3.05. The quantitative estimate of drug-likeness (QED) is 0.384. The molecular weight excluding hydrogens is 348 g/mol. The Bertz CT molecular complexity index is 614. The lowest BCUT2D eigenvalue weighted by Gasteiger charge is -2.62. The van der Waals surface area contributed by atoms with Crippen molar-refractivity contribution < 1.29 is 29.6 Å². The minimum atomic E-state index is -1.68. The fourth-order valence-corrected chi connectivity index (χ4v) is 5.73. The van der Waals surface area contributed by atoms with Gasteiger partial charge in [0.15, 0.2) is 6.29 Å². The van der Waals surface area contributed by atoms with E-state index in [1.54, 1.807) is 13.0 Å². The van der Waals surface area contributed by atoms with Crippen LogP contribution >= 0.6 is 0 Å². The topological polar surface area (TPSA) is 96.2 Å². The summed E-state index contributed by atoms with van der Waals surface area (Å²) in [6.07, 6.45) is 3.38. The van der Waals surface area contributed by atoms with Gasteiger partial charge in [0.05, 0.1) is 12.7 Å². The molecule has 1 heterocycles. The van der Waals surface area contributed by atoms with Gasteiger partial charge in [0.25, 0.3) is 0 Å². The smallest absolute Gasteiger partial charge is 0.306 e. The van der Waals surface area contributed by atoms with Gasteiger partial charge in [-0.2, -0.15) is 0 Å². The summed E-state index contributed by atoms with van der Waals surface area (Å²) < 4.78 is 11.2. The predicted molar refractivity (Wildman–Crippen MR) is 99.6 cm³/mol. The Balaban J connectivity index is 1.99. The van der Waals surface area contributed by atoms with Crippen LogP contribution in [0.2, 0.25) is 0 Å². The molecule has 0 unspecified atom stereocenters. The van der Waals surface area contributed by atoms with Gasteiger partial charge in [-0.15, -0.1) is 0 Å². The van der Waals surface area contributed by atoms with Crippen LogP contribution in [-0.4, -0.2) is 52.0 Å². The van der Waals surface area contributed by atoms with Crippen molar-refractivity contribution in [1.29, 1.82) is 0 Å². The number of ether oxygens (including phenoxy) is 2. The number of carbonyl (C=O) groups is 1. The normalized spacial score (nSPS) is 42.9. The molecule has 1 saturated carbocycles. The summed E-state index contributed by atoms with van der Waals surface area (Å²) in [5, 5.41) is 32.9. The number of unbranched alkanes of at least 4 members (excludes halogenated alkanes) is 2. The highest BCUT2D eigenvalue weighted by Gasteiger charge is 2.71. The average Bonchev–Trinajstić information content (AvgIpc) is 2.88. The molecule has 3 aliphatic rings. The van der Waals surface area contributed by atoms with E-state index in [-0.39, 0.29) is 23.9 Å². The zero-order chi connectivity index (χ0) is 20.0. The number of aliphatic hydroxyl groups excluding tert-OH is 2. The largest absolute Gasteiger partial charge is 0.458 e. The summed E-state index contributed by atoms with van der Waals surface area (Å²) in [7, 11) is 0. The van der Waals surface area contributed by atoms with Crippen molar-refractivity contribution in [2.24, 2.45) is 16.7 Å². The lowest BCUT2D eigenvalue weighted by Crippen LogP contribution is -2.70. The minimum Gasteiger partial charge on any atom is -0.458 e. The maximum Gasteiger partial charge on any atom is 0.306 e. The highest BCUT2D eigenvalue weighted by atomic mass is 16.6. The van der Waals surface area contributed by atoms with Crippen LogP contribution < -0.4 is 0 Å². The van der Waals surface area contributed by atoms with E-state index in [0.29, 0.717) is 18.4 Å². The number of carbonyl (C=O) groups excluding carboxylic acids is 1. The Hall–Kier alpha value is -0.950. The third-order valence-corrected chi connectivity index (χ3v) is 7.25. The average molecular weight is 382 g/mol. The minimum absolute atomic E-state index is 0.0665. The van der Waals surface area contributed by atoms with Gasteiger partial charge in [0, 0.05) is 17.8 Å².